The topological polar surface area (TPSA) is 53.1 Å². The standard InChI is InChI=1S/C12H21N3O/c1-9-12(10-4-7-16-8-5-10)14-11(3-6-13)15(9)2/h10H,3-8,13H2,1-2H3. The van der Waals surface area contributed by atoms with Crippen LogP contribution in [-0.2, 0) is 18.2 Å². The molecule has 0 aliphatic carbocycles. The molecule has 0 saturated carbocycles. The largest absolute Gasteiger partial charge is 0.381 e. The van der Waals surface area contributed by atoms with Gasteiger partial charge >= 0.3 is 0 Å². The van der Waals surface area contributed by atoms with Gasteiger partial charge in [-0.25, -0.2) is 4.98 Å². The predicted octanol–water partition coefficient (Wildman–Crippen LogP) is 1.12. The van der Waals surface area contributed by atoms with Crippen molar-refractivity contribution < 1.29 is 4.74 Å². The average molecular weight is 223 g/mol. The van der Waals surface area contributed by atoms with Crippen molar-refractivity contribution >= 4 is 0 Å². The van der Waals surface area contributed by atoms with Gasteiger partial charge < -0.3 is 15.0 Å². The van der Waals surface area contributed by atoms with E-state index in [0.717, 1.165) is 38.3 Å². The molecule has 0 amide bonds. The maximum Gasteiger partial charge on any atom is 0.110 e. The fourth-order valence-corrected chi connectivity index (χ4v) is 2.37. The van der Waals surface area contributed by atoms with E-state index in [9.17, 15) is 0 Å². The van der Waals surface area contributed by atoms with Gasteiger partial charge in [0.2, 0.25) is 0 Å². The molecular formula is C12H21N3O. The summed E-state index contributed by atoms with van der Waals surface area (Å²) in [5.41, 5.74) is 8.14. The number of nitrogens with zero attached hydrogens (tertiary/aromatic N) is 2. The molecular weight excluding hydrogens is 202 g/mol. The van der Waals surface area contributed by atoms with E-state index in [1.165, 1.54) is 11.4 Å². The molecule has 0 aromatic carbocycles. The fraction of sp³-hybridized carbons (Fsp3) is 0.750. The summed E-state index contributed by atoms with van der Waals surface area (Å²) in [5, 5.41) is 0. The van der Waals surface area contributed by atoms with Gasteiger partial charge in [0.05, 0.1) is 5.69 Å². The molecule has 1 aromatic rings. The monoisotopic (exact) mass is 223 g/mol. The van der Waals surface area contributed by atoms with Crippen LogP contribution in [0.15, 0.2) is 0 Å². The molecule has 1 aliphatic rings. The minimum atomic E-state index is 0.575. The van der Waals surface area contributed by atoms with Crippen LogP contribution in [0.3, 0.4) is 0 Å². The predicted molar refractivity (Wildman–Crippen MR) is 63.5 cm³/mol. The van der Waals surface area contributed by atoms with Crippen molar-refractivity contribution in [2.24, 2.45) is 12.8 Å². The molecule has 2 heterocycles. The van der Waals surface area contributed by atoms with Gasteiger partial charge in [0, 0.05) is 38.3 Å². The molecule has 1 saturated heterocycles. The molecule has 4 heteroatoms. The van der Waals surface area contributed by atoms with Crippen molar-refractivity contribution in [3.05, 3.63) is 17.2 Å². The third-order valence-corrected chi connectivity index (χ3v) is 3.49. The second-order valence-electron chi connectivity index (χ2n) is 4.48. The normalized spacial score (nSPS) is 17.9. The number of hydrogen-bond acceptors (Lipinski definition) is 3. The fourth-order valence-electron chi connectivity index (χ4n) is 2.37. The summed E-state index contributed by atoms with van der Waals surface area (Å²) in [5.74, 6) is 1.69. The summed E-state index contributed by atoms with van der Waals surface area (Å²) in [6, 6.07) is 0. The van der Waals surface area contributed by atoms with Crippen molar-refractivity contribution in [3.63, 3.8) is 0 Å². The summed E-state index contributed by atoms with van der Waals surface area (Å²) in [7, 11) is 2.08. The van der Waals surface area contributed by atoms with E-state index in [4.69, 9.17) is 15.5 Å². The van der Waals surface area contributed by atoms with Gasteiger partial charge in [0.1, 0.15) is 5.82 Å². The van der Waals surface area contributed by atoms with E-state index in [2.05, 4.69) is 18.5 Å². The van der Waals surface area contributed by atoms with Crippen molar-refractivity contribution in [1.29, 1.82) is 0 Å². The maximum atomic E-state index is 5.59. The molecule has 90 valence electrons. The molecule has 4 nitrogen and oxygen atoms in total. The first-order valence-corrected chi connectivity index (χ1v) is 6.04. The Morgan fingerprint density at radius 1 is 1.44 bits per heavy atom. The third-order valence-electron chi connectivity index (χ3n) is 3.49. The second-order valence-corrected chi connectivity index (χ2v) is 4.48. The van der Waals surface area contributed by atoms with E-state index in [1.54, 1.807) is 0 Å². The first-order valence-electron chi connectivity index (χ1n) is 6.04. The molecule has 0 radical (unpaired) electrons. The third kappa shape index (κ3) is 2.13. The Morgan fingerprint density at radius 3 is 2.75 bits per heavy atom. The van der Waals surface area contributed by atoms with Gasteiger partial charge in [0.15, 0.2) is 0 Å². The van der Waals surface area contributed by atoms with Crippen LogP contribution in [0.4, 0.5) is 0 Å². The summed E-state index contributed by atoms with van der Waals surface area (Å²) in [6.07, 6.45) is 3.06. The van der Waals surface area contributed by atoms with Crippen LogP contribution in [0.2, 0.25) is 0 Å². The highest BCUT2D eigenvalue weighted by atomic mass is 16.5. The lowest BCUT2D eigenvalue weighted by Crippen LogP contribution is -2.15. The number of rotatable bonds is 3. The molecule has 2 N–H and O–H groups in total. The van der Waals surface area contributed by atoms with Crippen LogP contribution in [-0.4, -0.2) is 29.3 Å². The minimum Gasteiger partial charge on any atom is -0.381 e. The van der Waals surface area contributed by atoms with E-state index in [-0.39, 0.29) is 0 Å². The van der Waals surface area contributed by atoms with Crippen LogP contribution in [0.1, 0.15) is 36.0 Å². The highest BCUT2D eigenvalue weighted by Gasteiger charge is 2.22. The molecule has 0 bridgehead atoms. The van der Waals surface area contributed by atoms with Crippen LogP contribution >= 0.6 is 0 Å². The molecule has 2 rings (SSSR count). The Labute approximate surface area is 96.8 Å². The maximum absolute atomic E-state index is 5.59. The summed E-state index contributed by atoms with van der Waals surface area (Å²) < 4.78 is 7.57. The van der Waals surface area contributed by atoms with Crippen molar-refractivity contribution in [2.45, 2.75) is 32.1 Å². The number of nitrogens with two attached hydrogens (primary N) is 1. The summed E-state index contributed by atoms with van der Waals surface area (Å²) in [4.78, 5) is 4.75. The van der Waals surface area contributed by atoms with Gasteiger partial charge in [0.25, 0.3) is 0 Å². The Balaban J connectivity index is 2.22. The van der Waals surface area contributed by atoms with Crippen LogP contribution in [0, 0.1) is 6.92 Å². The molecule has 0 unspecified atom stereocenters. The van der Waals surface area contributed by atoms with E-state index in [0.29, 0.717) is 12.5 Å². The van der Waals surface area contributed by atoms with Gasteiger partial charge in [-0.1, -0.05) is 0 Å². The van der Waals surface area contributed by atoms with Gasteiger partial charge in [-0.3, -0.25) is 0 Å². The first kappa shape index (κ1) is 11.6. The van der Waals surface area contributed by atoms with Gasteiger partial charge in [-0.05, 0) is 26.3 Å². The first-order chi connectivity index (χ1) is 7.74. The smallest absolute Gasteiger partial charge is 0.110 e. The van der Waals surface area contributed by atoms with Crippen molar-refractivity contribution in [1.82, 2.24) is 9.55 Å². The molecule has 1 fully saturated rings. The van der Waals surface area contributed by atoms with Gasteiger partial charge in [-0.2, -0.15) is 0 Å². The SMILES string of the molecule is Cc1c(C2CCOCC2)nc(CCN)n1C. The van der Waals surface area contributed by atoms with Crippen molar-refractivity contribution in [2.75, 3.05) is 19.8 Å². The highest BCUT2D eigenvalue weighted by molar-refractivity contribution is 5.20. The lowest BCUT2D eigenvalue weighted by atomic mass is 9.95. The average Bonchev–Trinajstić information content (AvgIpc) is 2.59. The van der Waals surface area contributed by atoms with E-state index in [1.807, 2.05) is 0 Å². The number of ether oxygens (including phenoxy) is 1. The van der Waals surface area contributed by atoms with Crippen LogP contribution in [0.25, 0.3) is 0 Å². The van der Waals surface area contributed by atoms with Gasteiger partial charge in [-0.15, -0.1) is 0 Å². The minimum absolute atomic E-state index is 0.575. The Morgan fingerprint density at radius 2 is 2.12 bits per heavy atom. The number of aromatic nitrogens is 2. The molecule has 0 atom stereocenters. The zero-order valence-electron chi connectivity index (χ0n) is 10.2. The number of hydrogen-bond donors (Lipinski definition) is 1. The van der Waals surface area contributed by atoms with E-state index < -0.39 is 0 Å². The zero-order valence-corrected chi connectivity index (χ0v) is 10.2. The molecule has 1 aromatic heterocycles. The Hall–Kier alpha value is -0.870. The molecule has 16 heavy (non-hydrogen) atoms. The lowest BCUT2D eigenvalue weighted by Gasteiger charge is -2.21. The van der Waals surface area contributed by atoms with Crippen LogP contribution in [0.5, 0.6) is 0 Å². The van der Waals surface area contributed by atoms with Crippen LogP contribution < -0.4 is 5.73 Å². The molecule has 1 aliphatic heterocycles. The van der Waals surface area contributed by atoms with E-state index >= 15 is 0 Å². The quantitative estimate of drug-likeness (QED) is 0.835. The lowest BCUT2D eigenvalue weighted by molar-refractivity contribution is 0.0844. The summed E-state index contributed by atoms with van der Waals surface area (Å²) in [6.45, 7) is 4.55. The second kappa shape index (κ2) is 4.97. The Bertz CT molecular complexity index is 353. The molecule has 0 spiro atoms. The summed E-state index contributed by atoms with van der Waals surface area (Å²) >= 11 is 0. The van der Waals surface area contributed by atoms with Crippen molar-refractivity contribution in [3.8, 4) is 0 Å². The zero-order chi connectivity index (χ0) is 11.5. The Kier molecular flexibility index (Phi) is 3.61. The highest BCUT2D eigenvalue weighted by Crippen LogP contribution is 2.28. The number of imidazole rings is 1.